The lowest BCUT2D eigenvalue weighted by atomic mass is 9.98. The molecule has 1 unspecified atom stereocenters. The first-order valence-electron chi connectivity index (χ1n) is 12.0. The number of thiazole rings is 2. The SMILES string of the molecule is Cl.O=C(O)CC(Cc1csc(CCCc2ccc3c(n2)NCCC3)n1)c1cnc(-c2ccccc2)s1. The van der Waals surface area contributed by atoms with Gasteiger partial charge in [0.25, 0.3) is 0 Å². The lowest BCUT2D eigenvalue weighted by Crippen LogP contribution is -2.14. The second-order valence-corrected chi connectivity index (χ2v) is 10.9. The Bertz CT molecular complexity index is 1290. The number of rotatable bonds is 10. The highest BCUT2D eigenvalue weighted by atomic mass is 35.5. The van der Waals surface area contributed by atoms with E-state index in [4.69, 9.17) is 9.97 Å². The molecule has 36 heavy (non-hydrogen) atoms. The number of aryl methyl sites for hydroxylation is 3. The third kappa shape index (κ3) is 6.69. The quantitative estimate of drug-likeness (QED) is 0.241. The lowest BCUT2D eigenvalue weighted by molar-refractivity contribution is -0.137. The maximum Gasteiger partial charge on any atom is 0.304 e. The van der Waals surface area contributed by atoms with E-state index in [1.807, 2.05) is 36.5 Å². The van der Waals surface area contributed by atoms with E-state index in [1.54, 1.807) is 22.7 Å². The van der Waals surface area contributed by atoms with Gasteiger partial charge in [-0.15, -0.1) is 35.1 Å². The Labute approximate surface area is 225 Å². The first-order valence-corrected chi connectivity index (χ1v) is 13.7. The van der Waals surface area contributed by atoms with Crippen molar-refractivity contribution in [1.82, 2.24) is 15.0 Å². The molecule has 1 aromatic carbocycles. The molecule has 1 aliphatic rings. The molecule has 6 nitrogen and oxygen atoms in total. The van der Waals surface area contributed by atoms with Gasteiger partial charge in [0.2, 0.25) is 0 Å². The Kier molecular flexibility index (Phi) is 9.07. The van der Waals surface area contributed by atoms with Crippen LogP contribution in [0.3, 0.4) is 0 Å². The zero-order valence-corrected chi connectivity index (χ0v) is 22.3. The van der Waals surface area contributed by atoms with Gasteiger partial charge in [-0.3, -0.25) is 4.79 Å². The Morgan fingerprint density at radius 3 is 2.78 bits per heavy atom. The Morgan fingerprint density at radius 1 is 1.08 bits per heavy atom. The topological polar surface area (TPSA) is 88.0 Å². The number of nitrogens with zero attached hydrogens (tertiary/aromatic N) is 3. The van der Waals surface area contributed by atoms with Crippen molar-refractivity contribution in [2.45, 2.75) is 50.9 Å². The third-order valence-electron chi connectivity index (χ3n) is 6.20. The van der Waals surface area contributed by atoms with Crippen LogP contribution in [0, 0.1) is 0 Å². The van der Waals surface area contributed by atoms with E-state index in [2.05, 4.69) is 27.8 Å². The molecule has 1 aliphatic heterocycles. The fourth-order valence-corrected chi connectivity index (χ4v) is 6.29. The van der Waals surface area contributed by atoms with Crippen LogP contribution in [0.4, 0.5) is 5.82 Å². The molecule has 0 aliphatic carbocycles. The van der Waals surface area contributed by atoms with Crippen LogP contribution < -0.4 is 5.32 Å². The van der Waals surface area contributed by atoms with Crippen molar-refractivity contribution in [2.75, 3.05) is 11.9 Å². The van der Waals surface area contributed by atoms with Crippen LogP contribution in [0.5, 0.6) is 0 Å². The molecule has 1 atom stereocenters. The monoisotopic (exact) mass is 540 g/mol. The van der Waals surface area contributed by atoms with E-state index >= 15 is 0 Å². The smallest absolute Gasteiger partial charge is 0.304 e. The van der Waals surface area contributed by atoms with E-state index in [-0.39, 0.29) is 24.7 Å². The lowest BCUT2D eigenvalue weighted by Gasteiger charge is -2.17. The molecule has 2 N–H and O–H groups in total. The summed E-state index contributed by atoms with van der Waals surface area (Å²) < 4.78 is 0. The Morgan fingerprint density at radius 2 is 1.94 bits per heavy atom. The van der Waals surface area contributed by atoms with Gasteiger partial charge in [0, 0.05) is 40.2 Å². The number of aliphatic carboxylic acids is 1. The summed E-state index contributed by atoms with van der Waals surface area (Å²) in [6.07, 6.45) is 7.60. The molecule has 5 rings (SSSR count). The summed E-state index contributed by atoms with van der Waals surface area (Å²) >= 11 is 3.23. The predicted molar refractivity (Wildman–Crippen MR) is 149 cm³/mol. The average molecular weight is 541 g/mol. The molecular weight excluding hydrogens is 512 g/mol. The number of nitrogens with one attached hydrogen (secondary N) is 1. The van der Waals surface area contributed by atoms with Gasteiger partial charge in [-0.05, 0) is 50.2 Å². The van der Waals surface area contributed by atoms with Gasteiger partial charge in [0.15, 0.2) is 0 Å². The van der Waals surface area contributed by atoms with Crippen molar-refractivity contribution in [3.8, 4) is 10.6 Å². The van der Waals surface area contributed by atoms with Crippen LogP contribution in [0.25, 0.3) is 10.6 Å². The van der Waals surface area contributed by atoms with E-state index in [0.29, 0.717) is 6.42 Å². The van der Waals surface area contributed by atoms with Crippen LogP contribution in [-0.2, 0) is 30.5 Å². The summed E-state index contributed by atoms with van der Waals surface area (Å²) in [7, 11) is 0. The number of pyridine rings is 1. The molecule has 4 heterocycles. The molecule has 0 amide bonds. The summed E-state index contributed by atoms with van der Waals surface area (Å²) in [6, 6.07) is 14.4. The molecule has 0 saturated carbocycles. The van der Waals surface area contributed by atoms with Crippen LogP contribution in [0.2, 0.25) is 0 Å². The van der Waals surface area contributed by atoms with Crippen molar-refractivity contribution in [3.05, 3.63) is 80.9 Å². The maximum atomic E-state index is 11.6. The first kappa shape index (κ1) is 26.3. The van der Waals surface area contributed by atoms with Gasteiger partial charge in [-0.1, -0.05) is 36.4 Å². The Hall–Kier alpha value is -2.81. The number of halogens is 1. The molecule has 3 aromatic heterocycles. The highest BCUT2D eigenvalue weighted by molar-refractivity contribution is 7.15. The van der Waals surface area contributed by atoms with Crippen molar-refractivity contribution in [3.63, 3.8) is 0 Å². The molecule has 0 spiro atoms. The number of hydrogen-bond donors (Lipinski definition) is 2. The summed E-state index contributed by atoms with van der Waals surface area (Å²) in [5.74, 6) is 0.116. The zero-order chi connectivity index (χ0) is 24.0. The van der Waals surface area contributed by atoms with Crippen LogP contribution in [0.1, 0.15) is 52.0 Å². The van der Waals surface area contributed by atoms with Gasteiger partial charge < -0.3 is 10.4 Å². The highest BCUT2D eigenvalue weighted by Gasteiger charge is 2.21. The van der Waals surface area contributed by atoms with Crippen LogP contribution in [-0.4, -0.2) is 32.6 Å². The van der Waals surface area contributed by atoms with Gasteiger partial charge in [-0.2, -0.15) is 0 Å². The fraction of sp³-hybridized carbons (Fsp3) is 0.333. The average Bonchev–Trinajstić information content (AvgIpc) is 3.54. The van der Waals surface area contributed by atoms with Gasteiger partial charge in [0.05, 0.1) is 17.1 Å². The van der Waals surface area contributed by atoms with Crippen LogP contribution >= 0.6 is 35.1 Å². The Balaban J connectivity index is 0.00000304. The standard InChI is InChI=1S/C27H28N4O2S2.ClH/c32-25(33)15-20(23-16-29-27(35-23)19-6-2-1-3-7-19)14-22-17-34-24(30-22)10-4-9-21-12-11-18-8-5-13-28-26(18)31-21;/h1-3,6-7,11-12,16-17,20H,4-5,8-10,13-15H2,(H,28,31)(H,32,33);1H. The third-order valence-corrected chi connectivity index (χ3v) is 8.36. The van der Waals surface area contributed by atoms with Gasteiger partial charge >= 0.3 is 5.97 Å². The minimum atomic E-state index is -0.799. The second kappa shape index (κ2) is 12.4. The zero-order valence-electron chi connectivity index (χ0n) is 19.9. The molecule has 4 aromatic rings. The summed E-state index contributed by atoms with van der Waals surface area (Å²) in [5, 5.41) is 17.0. The van der Waals surface area contributed by atoms with Crippen molar-refractivity contribution >= 4 is 46.9 Å². The molecule has 0 bridgehead atoms. The predicted octanol–water partition coefficient (Wildman–Crippen LogP) is 6.42. The van der Waals surface area contributed by atoms with E-state index in [0.717, 1.165) is 69.9 Å². The van der Waals surface area contributed by atoms with Gasteiger partial charge in [-0.25, -0.2) is 15.0 Å². The molecular formula is C27H29ClN4O2S2. The minimum absolute atomic E-state index is 0. The number of carbonyl (C=O) groups is 1. The highest BCUT2D eigenvalue weighted by Crippen LogP contribution is 2.33. The van der Waals surface area contributed by atoms with Crippen molar-refractivity contribution < 1.29 is 9.90 Å². The number of benzene rings is 1. The van der Waals surface area contributed by atoms with E-state index < -0.39 is 5.97 Å². The van der Waals surface area contributed by atoms with E-state index in [1.165, 1.54) is 12.0 Å². The molecule has 0 fully saturated rings. The summed E-state index contributed by atoms with van der Waals surface area (Å²) in [5.41, 5.74) is 4.45. The van der Waals surface area contributed by atoms with Crippen molar-refractivity contribution in [1.29, 1.82) is 0 Å². The number of carboxylic acids is 1. The molecule has 9 heteroatoms. The van der Waals surface area contributed by atoms with Gasteiger partial charge in [0.1, 0.15) is 10.8 Å². The minimum Gasteiger partial charge on any atom is -0.481 e. The molecule has 0 saturated heterocycles. The van der Waals surface area contributed by atoms with Crippen molar-refractivity contribution in [2.24, 2.45) is 0 Å². The fourth-order valence-electron chi connectivity index (χ4n) is 4.41. The first-order chi connectivity index (χ1) is 17.1. The number of anilines is 1. The van der Waals surface area contributed by atoms with Crippen LogP contribution in [0.15, 0.2) is 54.0 Å². The maximum absolute atomic E-state index is 11.6. The van der Waals surface area contributed by atoms with E-state index in [9.17, 15) is 9.90 Å². The number of hydrogen-bond acceptors (Lipinski definition) is 7. The summed E-state index contributed by atoms with van der Waals surface area (Å²) in [4.78, 5) is 26.7. The number of fused-ring (bicyclic) bond motifs is 1. The number of carboxylic acid groups (broad SMARTS) is 1. The molecule has 0 radical (unpaired) electrons. The normalized spacial score (nSPS) is 13.3. The summed E-state index contributed by atoms with van der Waals surface area (Å²) in [6.45, 7) is 1.00. The second-order valence-electron chi connectivity index (χ2n) is 8.86. The number of aromatic nitrogens is 3. The largest absolute Gasteiger partial charge is 0.481 e. The molecule has 188 valence electrons.